The van der Waals surface area contributed by atoms with Gasteiger partial charge in [-0.15, -0.1) is 0 Å². The quantitative estimate of drug-likeness (QED) is 0.230. The topological polar surface area (TPSA) is 138 Å². The second-order valence-electron chi connectivity index (χ2n) is 9.40. The average Bonchev–Trinajstić information content (AvgIpc) is 3.34. The van der Waals surface area contributed by atoms with E-state index in [1.54, 1.807) is 6.07 Å². The second kappa shape index (κ2) is 11.9. The first-order valence-corrected chi connectivity index (χ1v) is 15.4. The lowest BCUT2D eigenvalue weighted by atomic mass is 9.98. The number of sulfonamides is 1. The molecule has 1 aliphatic rings. The summed E-state index contributed by atoms with van der Waals surface area (Å²) >= 11 is 0. The van der Waals surface area contributed by atoms with Gasteiger partial charge in [-0.3, -0.25) is 4.90 Å². The number of alkyl halides is 5. The van der Waals surface area contributed by atoms with Crippen molar-refractivity contribution in [1.82, 2.24) is 14.1 Å². The molecule has 1 aliphatic heterocycles. The number of sulfone groups is 1. The van der Waals surface area contributed by atoms with Crippen LogP contribution < -0.4 is 4.90 Å². The Bertz CT molecular complexity index is 2030. The van der Waals surface area contributed by atoms with Crippen molar-refractivity contribution in [3.8, 4) is 6.07 Å². The van der Waals surface area contributed by atoms with Gasteiger partial charge in [0.05, 0.1) is 40.6 Å². The Morgan fingerprint density at radius 3 is 2.22 bits per heavy atom. The van der Waals surface area contributed by atoms with Crippen LogP contribution in [0.1, 0.15) is 49.3 Å². The SMILES string of the molecule is C.[C-]#[N+]C1=C(C)N(c2cccc(C(F)(F)F)c2)C(=O)N(S(=O)(=O)c2cnn(C(F)F)c2C)[C@@H]1c1ccc(C#N)cc1S(C)(=O)=O. The summed E-state index contributed by atoms with van der Waals surface area (Å²) in [6.45, 7) is 6.69. The van der Waals surface area contributed by atoms with E-state index in [2.05, 4.69) is 9.94 Å². The van der Waals surface area contributed by atoms with Crippen molar-refractivity contribution in [2.75, 3.05) is 11.2 Å². The minimum Gasteiger partial charge on any atom is -0.277 e. The molecule has 3 aromatic rings. The fraction of sp³-hybridized carbons (Fsp3) is 0.259. The van der Waals surface area contributed by atoms with Gasteiger partial charge in [0.25, 0.3) is 10.0 Å². The number of nitriles is 1. The zero-order chi connectivity index (χ0) is 32.9. The number of anilines is 1. The molecule has 2 aromatic carbocycles. The Labute approximate surface area is 255 Å². The van der Waals surface area contributed by atoms with Crippen molar-refractivity contribution in [3.63, 3.8) is 0 Å². The summed E-state index contributed by atoms with van der Waals surface area (Å²) in [4.78, 5) is 16.5. The summed E-state index contributed by atoms with van der Waals surface area (Å²) in [6.07, 6.45) is -3.62. The predicted octanol–water partition coefficient (Wildman–Crippen LogP) is 6.04. The van der Waals surface area contributed by atoms with E-state index in [0.717, 1.165) is 50.4 Å². The maximum Gasteiger partial charge on any atom is 0.416 e. The summed E-state index contributed by atoms with van der Waals surface area (Å²) in [6, 6.07) is 4.37. The number of benzene rings is 2. The van der Waals surface area contributed by atoms with Crippen LogP contribution in [0.25, 0.3) is 4.85 Å². The second-order valence-corrected chi connectivity index (χ2v) is 13.2. The van der Waals surface area contributed by atoms with E-state index in [1.807, 2.05) is 0 Å². The number of rotatable bonds is 6. The molecule has 0 saturated carbocycles. The van der Waals surface area contributed by atoms with Gasteiger partial charge in [-0.1, -0.05) is 19.6 Å². The van der Waals surface area contributed by atoms with E-state index in [-0.39, 0.29) is 27.7 Å². The van der Waals surface area contributed by atoms with Crippen LogP contribution >= 0.6 is 0 Å². The van der Waals surface area contributed by atoms with Gasteiger partial charge in [-0.05, 0) is 49.7 Å². The number of halogens is 5. The molecular formula is C27H23F5N6O5S2. The Hall–Kier alpha value is -4.81. The summed E-state index contributed by atoms with van der Waals surface area (Å²) in [7, 11) is -9.59. The third kappa shape index (κ3) is 5.98. The van der Waals surface area contributed by atoms with Gasteiger partial charge >= 0.3 is 18.8 Å². The molecule has 0 fully saturated rings. The van der Waals surface area contributed by atoms with E-state index in [4.69, 9.17) is 6.57 Å². The molecule has 1 atom stereocenters. The number of aromatic nitrogens is 2. The number of hydrogen-bond donors (Lipinski definition) is 0. The van der Waals surface area contributed by atoms with Crippen molar-refractivity contribution >= 4 is 31.6 Å². The number of urea groups is 1. The summed E-state index contributed by atoms with van der Waals surface area (Å²) < 4.78 is 122. The highest BCUT2D eigenvalue weighted by atomic mass is 32.2. The lowest BCUT2D eigenvalue weighted by Gasteiger charge is -2.41. The van der Waals surface area contributed by atoms with E-state index in [1.165, 1.54) is 0 Å². The smallest absolute Gasteiger partial charge is 0.277 e. The Kier molecular flexibility index (Phi) is 9.20. The van der Waals surface area contributed by atoms with Gasteiger partial charge in [0.15, 0.2) is 9.84 Å². The number of nitrogens with zero attached hydrogens (tertiary/aromatic N) is 6. The Balaban J connectivity index is 0.00000552. The summed E-state index contributed by atoms with van der Waals surface area (Å²) in [5.41, 5.74) is -3.89. The molecule has 238 valence electrons. The molecule has 0 aliphatic carbocycles. The number of amides is 2. The highest BCUT2D eigenvalue weighted by Crippen LogP contribution is 2.45. The van der Waals surface area contributed by atoms with Gasteiger partial charge < -0.3 is 0 Å². The van der Waals surface area contributed by atoms with Crippen molar-refractivity contribution < 1.29 is 43.6 Å². The molecule has 11 nitrogen and oxygen atoms in total. The summed E-state index contributed by atoms with van der Waals surface area (Å²) in [5.74, 6) is 0. The minimum atomic E-state index is -5.31. The minimum absolute atomic E-state index is 0. The first-order chi connectivity index (χ1) is 20.4. The molecule has 4 rings (SSSR count). The van der Waals surface area contributed by atoms with Crippen LogP contribution in [-0.4, -0.2) is 43.2 Å². The molecular weight excluding hydrogens is 647 g/mol. The number of allylic oxidation sites excluding steroid dienone is 1. The van der Waals surface area contributed by atoms with E-state index in [9.17, 15) is 48.8 Å². The first-order valence-electron chi connectivity index (χ1n) is 12.1. The maximum atomic E-state index is 14.2. The van der Waals surface area contributed by atoms with Crippen LogP contribution in [0, 0.1) is 24.8 Å². The molecule has 0 bridgehead atoms. The molecule has 45 heavy (non-hydrogen) atoms. The molecule has 0 unspecified atom stereocenters. The van der Waals surface area contributed by atoms with Crippen molar-refractivity contribution in [1.29, 1.82) is 5.26 Å². The third-order valence-electron chi connectivity index (χ3n) is 6.69. The number of carbonyl (C=O) groups excluding carboxylic acids is 1. The Morgan fingerprint density at radius 2 is 1.71 bits per heavy atom. The maximum absolute atomic E-state index is 14.2. The van der Waals surface area contributed by atoms with Crippen LogP contribution in [-0.2, 0) is 26.0 Å². The normalized spacial score (nSPS) is 16.0. The highest BCUT2D eigenvalue weighted by Gasteiger charge is 2.49. The molecule has 0 saturated heterocycles. The third-order valence-corrected chi connectivity index (χ3v) is 9.68. The zero-order valence-electron chi connectivity index (χ0n) is 22.7. The van der Waals surface area contributed by atoms with Gasteiger partial charge in [0.2, 0.25) is 5.70 Å². The van der Waals surface area contributed by atoms with Gasteiger partial charge in [-0.25, -0.2) is 35.5 Å². The molecule has 0 N–H and O–H groups in total. The fourth-order valence-electron chi connectivity index (χ4n) is 4.67. The molecule has 2 amide bonds. The number of carbonyl (C=O) groups is 1. The van der Waals surface area contributed by atoms with Crippen LogP contribution in [0.4, 0.5) is 32.4 Å². The van der Waals surface area contributed by atoms with Crippen LogP contribution in [0.2, 0.25) is 0 Å². The van der Waals surface area contributed by atoms with Crippen LogP contribution in [0.5, 0.6) is 0 Å². The summed E-state index contributed by atoms with van der Waals surface area (Å²) in [5, 5.41) is 12.7. The molecule has 0 spiro atoms. The molecule has 18 heteroatoms. The van der Waals surface area contributed by atoms with Gasteiger partial charge in [0.1, 0.15) is 10.9 Å². The average molecular weight is 671 g/mol. The van der Waals surface area contributed by atoms with Gasteiger partial charge in [-0.2, -0.15) is 32.3 Å². The molecule has 0 radical (unpaired) electrons. The molecule has 2 heterocycles. The van der Waals surface area contributed by atoms with Crippen molar-refractivity contribution in [2.24, 2.45) is 0 Å². The first kappa shape index (κ1) is 34.7. The highest BCUT2D eigenvalue weighted by molar-refractivity contribution is 7.91. The number of hydrogen-bond acceptors (Lipinski definition) is 7. The zero-order valence-corrected chi connectivity index (χ0v) is 24.3. The Morgan fingerprint density at radius 1 is 1.07 bits per heavy atom. The lowest BCUT2D eigenvalue weighted by Crippen LogP contribution is -2.52. The molecule has 1 aromatic heterocycles. The van der Waals surface area contributed by atoms with E-state index < -0.39 is 82.7 Å². The van der Waals surface area contributed by atoms with Crippen molar-refractivity contribution in [2.45, 2.75) is 49.8 Å². The van der Waals surface area contributed by atoms with Crippen molar-refractivity contribution in [3.05, 3.63) is 93.9 Å². The van der Waals surface area contributed by atoms with Crippen LogP contribution in [0.15, 0.2) is 69.8 Å². The van der Waals surface area contributed by atoms with Crippen LogP contribution in [0.3, 0.4) is 0 Å². The lowest BCUT2D eigenvalue weighted by molar-refractivity contribution is -0.137. The largest absolute Gasteiger partial charge is 0.416 e. The standard InChI is InChI=1S/C26H19F5N6O5S2.CH4/c1-14-21(13-34-36(14)24(27)28)44(41,42)37-23(19-9-8-16(12-32)10-20(19)43(4,39)40)22(33-3)15(2)35(25(37)38)18-7-5-6-17(11-18)26(29,30)31;/h5-11,13,23-24H,1-2,4H3;1H4/t23-;/m1./s1. The fourth-order valence-corrected chi connectivity index (χ4v) is 7.26. The predicted molar refractivity (Wildman–Crippen MR) is 150 cm³/mol. The van der Waals surface area contributed by atoms with E-state index >= 15 is 0 Å². The van der Waals surface area contributed by atoms with Gasteiger partial charge in [0, 0.05) is 17.6 Å². The van der Waals surface area contributed by atoms with E-state index in [0.29, 0.717) is 23.2 Å². The monoisotopic (exact) mass is 670 g/mol.